The highest BCUT2D eigenvalue weighted by Crippen LogP contribution is 2.38. The number of nitrogens with one attached hydrogen (secondary N) is 1. The van der Waals surface area contributed by atoms with E-state index in [1.807, 2.05) is 27.2 Å². The number of likely N-dealkylation sites (N-methyl/N-ethyl adjacent to an activating group) is 1. The van der Waals surface area contributed by atoms with Crippen molar-refractivity contribution in [2.24, 2.45) is 0 Å². The normalized spacial score (nSPS) is 14.6. The number of carbonyl (C=O) groups excluding carboxylic acids is 1. The minimum Gasteiger partial charge on any atom is -0.756 e. The Kier molecular flexibility index (Phi) is 41.6. The number of phosphoric acid groups is 1. The van der Waals surface area contributed by atoms with Crippen molar-refractivity contribution in [3.63, 3.8) is 0 Å². The van der Waals surface area contributed by atoms with E-state index in [1.165, 1.54) is 154 Å². The summed E-state index contributed by atoms with van der Waals surface area (Å²) in [6, 6.07) is -0.904. The van der Waals surface area contributed by atoms with Crippen LogP contribution in [0, 0.1) is 0 Å². The first-order chi connectivity index (χ1) is 29.0. The van der Waals surface area contributed by atoms with Gasteiger partial charge >= 0.3 is 0 Å². The van der Waals surface area contributed by atoms with Gasteiger partial charge in [-0.15, -0.1) is 0 Å². The number of rotatable bonds is 45. The van der Waals surface area contributed by atoms with Crippen molar-refractivity contribution in [2.45, 2.75) is 231 Å². The molecule has 0 aliphatic heterocycles. The Balaban J connectivity index is 4.32. The third-order valence-electron chi connectivity index (χ3n) is 11.0. The molecule has 0 radical (unpaired) electrons. The van der Waals surface area contributed by atoms with Gasteiger partial charge < -0.3 is 28.8 Å². The maximum absolute atomic E-state index is 12.9. The standard InChI is InChI=1S/C51H97N2O6P/c1-6-8-10-12-14-16-18-20-22-23-24-25-26-27-28-29-31-33-35-37-39-41-43-45-51(55)52-49(48-59-60(56,57)58-47-46-53(3,4)5)50(54)44-42-40-38-36-34-32-30-21-19-17-15-13-11-9-7-2/h18,20,23-24,34,36,42,44,49-50,54H,6-17,19,21-22,25-33,35,37-41,43,45-48H2,1-5H3,(H-,52,55,56,57)/b20-18-,24-23-,36-34+,44-42+. The van der Waals surface area contributed by atoms with Crippen LogP contribution >= 0.6 is 7.82 Å². The van der Waals surface area contributed by atoms with Gasteiger partial charge in [0.25, 0.3) is 7.82 Å². The molecule has 9 heteroatoms. The van der Waals surface area contributed by atoms with Gasteiger partial charge in [-0.3, -0.25) is 9.36 Å². The number of hydrogen-bond donors (Lipinski definition) is 2. The minimum absolute atomic E-state index is 0.00755. The fourth-order valence-corrected chi connectivity index (χ4v) is 7.74. The molecule has 0 bridgehead atoms. The molecule has 0 spiro atoms. The highest BCUT2D eigenvalue weighted by molar-refractivity contribution is 7.45. The van der Waals surface area contributed by atoms with Gasteiger partial charge in [0.05, 0.1) is 39.9 Å². The number of hydrogen-bond acceptors (Lipinski definition) is 6. The average molecular weight is 865 g/mol. The number of quaternary nitrogens is 1. The Bertz CT molecular complexity index is 1120. The third kappa shape index (κ3) is 44.5. The molecule has 0 heterocycles. The van der Waals surface area contributed by atoms with Gasteiger partial charge in [-0.25, -0.2) is 0 Å². The molecule has 0 aromatic rings. The Labute approximate surface area is 371 Å². The first-order valence-electron chi connectivity index (χ1n) is 25.0. The number of amides is 1. The molecule has 0 aromatic carbocycles. The zero-order valence-corrected chi connectivity index (χ0v) is 40.8. The second-order valence-corrected chi connectivity index (χ2v) is 19.6. The van der Waals surface area contributed by atoms with E-state index in [9.17, 15) is 19.4 Å². The number of unbranched alkanes of at least 4 members (excludes halogenated alkanes) is 26. The molecule has 0 fully saturated rings. The van der Waals surface area contributed by atoms with Gasteiger partial charge in [-0.1, -0.05) is 197 Å². The maximum Gasteiger partial charge on any atom is 0.268 e. The van der Waals surface area contributed by atoms with Crippen molar-refractivity contribution >= 4 is 13.7 Å². The summed E-state index contributed by atoms with van der Waals surface area (Å²) in [5.74, 6) is -0.210. The number of nitrogens with zero attached hydrogens (tertiary/aromatic N) is 1. The Morgan fingerprint density at radius 1 is 0.583 bits per heavy atom. The molecule has 0 saturated carbocycles. The van der Waals surface area contributed by atoms with Crippen LogP contribution in [-0.2, 0) is 18.4 Å². The Morgan fingerprint density at radius 2 is 0.983 bits per heavy atom. The lowest BCUT2D eigenvalue weighted by molar-refractivity contribution is -0.870. The molecule has 1 amide bonds. The lowest BCUT2D eigenvalue weighted by Crippen LogP contribution is -2.45. The van der Waals surface area contributed by atoms with Gasteiger partial charge in [0.1, 0.15) is 13.2 Å². The molecule has 2 N–H and O–H groups in total. The number of aliphatic hydroxyl groups is 1. The average Bonchev–Trinajstić information content (AvgIpc) is 3.20. The van der Waals surface area contributed by atoms with Crippen LogP contribution in [0.5, 0.6) is 0 Å². The smallest absolute Gasteiger partial charge is 0.268 e. The first-order valence-corrected chi connectivity index (χ1v) is 26.5. The summed E-state index contributed by atoms with van der Waals surface area (Å²) < 4.78 is 23.2. The van der Waals surface area contributed by atoms with E-state index >= 15 is 0 Å². The Hall–Kier alpha value is -1.54. The van der Waals surface area contributed by atoms with E-state index < -0.39 is 26.6 Å². The second-order valence-electron chi connectivity index (χ2n) is 18.2. The van der Waals surface area contributed by atoms with E-state index in [0.717, 1.165) is 44.9 Å². The van der Waals surface area contributed by atoms with Crippen molar-refractivity contribution < 1.29 is 32.9 Å². The molecule has 60 heavy (non-hydrogen) atoms. The van der Waals surface area contributed by atoms with Crippen LogP contribution in [0.3, 0.4) is 0 Å². The predicted molar refractivity (Wildman–Crippen MR) is 256 cm³/mol. The summed E-state index contributed by atoms with van der Waals surface area (Å²) in [4.78, 5) is 25.4. The summed E-state index contributed by atoms with van der Waals surface area (Å²) in [5, 5.41) is 13.8. The molecule has 0 aliphatic rings. The first kappa shape index (κ1) is 58.5. The largest absolute Gasteiger partial charge is 0.756 e. The molecule has 3 atom stereocenters. The number of aliphatic hydroxyl groups excluding tert-OH is 1. The van der Waals surface area contributed by atoms with E-state index in [4.69, 9.17) is 9.05 Å². The molecular formula is C51H97N2O6P. The van der Waals surface area contributed by atoms with Crippen molar-refractivity contribution in [3.05, 3.63) is 48.6 Å². The molecule has 3 unspecified atom stereocenters. The van der Waals surface area contributed by atoms with Gasteiger partial charge in [0.2, 0.25) is 5.91 Å². The predicted octanol–water partition coefficient (Wildman–Crippen LogP) is 13.8. The summed E-state index contributed by atoms with van der Waals surface area (Å²) in [6.45, 7) is 4.61. The van der Waals surface area contributed by atoms with Crippen molar-refractivity contribution in [1.82, 2.24) is 5.32 Å². The molecule has 0 aliphatic carbocycles. The van der Waals surface area contributed by atoms with Gasteiger partial charge in [-0.2, -0.15) is 0 Å². The summed E-state index contributed by atoms with van der Waals surface area (Å²) in [7, 11) is 1.24. The Morgan fingerprint density at radius 3 is 1.45 bits per heavy atom. The molecule has 0 saturated heterocycles. The molecule has 352 valence electrons. The summed E-state index contributed by atoms with van der Waals surface area (Å²) in [6.07, 6.45) is 54.5. The van der Waals surface area contributed by atoms with E-state index in [2.05, 4.69) is 55.6 Å². The lowest BCUT2D eigenvalue weighted by Gasteiger charge is -2.29. The van der Waals surface area contributed by atoms with Crippen LogP contribution in [0.1, 0.15) is 219 Å². The maximum atomic E-state index is 12.9. The van der Waals surface area contributed by atoms with E-state index in [0.29, 0.717) is 17.4 Å². The van der Waals surface area contributed by atoms with Crippen LogP contribution in [0.4, 0.5) is 0 Å². The van der Waals surface area contributed by atoms with Crippen LogP contribution in [-0.4, -0.2) is 68.5 Å². The topological polar surface area (TPSA) is 108 Å². The second kappa shape index (κ2) is 42.7. The number of carbonyl (C=O) groups is 1. The quantitative estimate of drug-likeness (QED) is 0.0273. The molecule has 0 rings (SSSR count). The summed E-state index contributed by atoms with van der Waals surface area (Å²) >= 11 is 0. The van der Waals surface area contributed by atoms with Crippen molar-refractivity contribution in [1.29, 1.82) is 0 Å². The molecular weight excluding hydrogens is 768 g/mol. The zero-order chi connectivity index (χ0) is 44.3. The highest BCUT2D eigenvalue weighted by Gasteiger charge is 2.23. The fourth-order valence-electron chi connectivity index (χ4n) is 7.02. The molecule has 0 aromatic heterocycles. The number of allylic oxidation sites excluding steroid dienone is 7. The molecule has 8 nitrogen and oxygen atoms in total. The van der Waals surface area contributed by atoms with Gasteiger partial charge in [-0.05, 0) is 64.2 Å². The zero-order valence-electron chi connectivity index (χ0n) is 39.9. The fraction of sp³-hybridized carbons (Fsp3) is 0.824. The summed E-state index contributed by atoms with van der Waals surface area (Å²) in [5.41, 5.74) is 0. The highest BCUT2D eigenvalue weighted by atomic mass is 31.2. The monoisotopic (exact) mass is 865 g/mol. The third-order valence-corrected chi connectivity index (χ3v) is 12.0. The van der Waals surface area contributed by atoms with E-state index in [1.54, 1.807) is 6.08 Å². The number of phosphoric ester groups is 1. The van der Waals surface area contributed by atoms with E-state index in [-0.39, 0.29) is 12.5 Å². The minimum atomic E-state index is -4.60. The lowest BCUT2D eigenvalue weighted by atomic mass is 10.0. The van der Waals surface area contributed by atoms with Gasteiger partial charge in [0, 0.05) is 6.42 Å². The van der Waals surface area contributed by atoms with Crippen molar-refractivity contribution in [3.8, 4) is 0 Å². The van der Waals surface area contributed by atoms with Crippen LogP contribution in [0.15, 0.2) is 48.6 Å². The SMILES string of the molecule is CCCCCCC/C=C\C/C=C\CCCCCCCCCCCCCC(=O)NC(COP(=O)([O-])OCC[N+](C)(C)C)C(O)/C=C/CC/C=C/CCCCCCCCCCC. The van der Waals surface area contributed by atoms with Crippen LogP contribution < -0.4 is 10.2 Å². The van der Waals surface area contributed by atoms with Crippen LogP contribution in [0.25, 0.3) is 0 Å². The van der Waals surface area contributed by atoms with Gasteiger partial charge in [0.15, 0.2) is 0 Å². The van der Waals surface area contributed by atoms with Crippen molar-refractivity contribution in [2.75, 3.05) is 40.9 Å². The van der Waals surface area contributed by atoms with Crippen LogP contribution in [0.2, 0.25) is 0 Å².